The van der Waals surface area contributed by atoms with Crippen molar-refractivity contribution >= 4 is 22.9 Å². The summed E-state index contributed by atoms with van der Waals surface area (Å²) in [7, 11) is 0. The lowest BCUT2D eigenvalue weighted by atomic mass is 9.94. The van der Waals surface area contributed by atoms with Gasteiger partial charge in [0, 0.05) is 41.8 Å². The van der Waals surface area contributed by atoms with E-state index in [0.29, 0.717) is 27.7 Å². The number of rotatable bonds is 7. The number of pyridine rings is 1. The molecular formula is C25H21F3N2O3. The van der Waals surface area contributed by atoms with E-state index in [1.165, 1.54) is 18.2 Å². The predicted molar refractivity (Wildman–Crippen MR) is 118 cm³/mol. The van der Waals surface area contributed by atoms with E-state index in [9.17, 15) is 23.1 Å². The number of nitrogens with one attached hydrogen (secondary N) is 1. The number of ketones is 1. The third-order valence-electron chi connectivity index (χ3n) is 5.48. The molecule has 0 amide bonds. The van der Waals surface area contributed by atoms with Crippen LogP contribution in [0.3, 0.4) is 0 Å². The second-order valence-electron chi connectivity index (χ2n) is 7.63. The van der Waals surface area contributed by atoms with Gasteiger partial charge in [0.15, 0.2) is 5.78 Å². The molecule has 2 N–H and O–H groups in total. The highest BCUT2D eigenvalue weighted by atomic mass is 19.4. The van der Waals surface area contributed by atoms with Crippen molar-refractivity contribution in [2.75, 3.05) is 6.61 Å². The third kappa shape index (κ3) is 4.75. The number of aromatic nitrogens is 2. The summed E-state index contributed by atoms with van der Waals surface area (Å²) >= 11 is 0. The molecule has 0 radical (unpaired) electrons. The van der Waals surface area contributed by atoms with Gasteiger partial charge in [-0.25, -0.2) is 4.98 Å². The molecule has 33 heavy (non-hydrogen) atoms. The van der Waals surface area contributed by atoms with Crippen LogP contribution in [0, 0.1) is 0 Å². The minimum Gasteiger partial charge on any atom is -0.495 e. The molecule has 8 heteroatoms. The Morgan fingerprint density at radius 2 is 2.12 bits per heavy atom. The number of carbonyl (C=O) groups excluding carboxylic acids is 1. The maximum Gasteiger partial charge on any atom is 0.416 e. The van der Waals surface area contributed by atoms with Crippen LogP contribution < -0.4 is 0 Å². The largest absolute Gasteiger partial charge is 0.495 e. The van der Waals surface area contributed by atoms with Crippen LogP contribution in [-0.4, -0.2) is 33.6 Å². The zero-order chi connectivity index (χ0) is 23.6. The first-order chi connectivity index (χ1) is 15.8. The number of ether oxygens (including phenoxy) is 1. The van der Waals surface area contributed by atoms with Crippen LogP contribution in [0.5, 0.6) is 0 Å². The lowest BCUT2D eigenvalue weighted by Crippen LogP contribution is -2.20. The first kappa shape index (κ1) is 22.5. The number of benzene rings is 1. The topological polar surface area (TPSA) is 75.2 Å². The summed E-state index contributed by atoms with van der Waals surface area (Å²) in [6.07, 6.45) is 2.31. The smallest absolute Gasteiger partial charge is 0.416 e. The van der Waals surface area contributed by atoms with Crippen molar-refractivity contribution in [3.8, 4) is 0 Å². The van der Waals surface area contributed by atoms with E-state index in [4.69, 9.17) is 4.74 Å². The van der Waals surface area contributed by atoms with Gasteiger partial charge in [-0.2, -0.15) is 13.2 Å². The zero-order valence-corrected chi connectivity index (χ0v) is 17.5. The Morgan fingerprint density at radius 1 is 1.30 bits per heavy atom. The SMILES string of the molecule is C=Cc1ccc(CCOC2=CC=C(C(=O)c3c[nH]c4ncccc34)CC2O)cc1C(F)(F)F. The molecule has 0 spiro atoms. The average molecular weight is 454 g/mol. The molecule has 0 aliphatic heterocycles. The zero-order valence-electron chi connectivity index (χ0n) is 17.5. The quantitative estimate of drug-likeness (QED) is 0.479. The highest BCUT2D eigenvalue weighted by Gasteiger charge is 2.33. The van der Waals surface area contributed by atoms with Gasteiger partial charge in [-0.1, -0.05) is 30.9 Å². The molecule has 0 saturated carbocycles. The average Bonchev–Trinajstić information content (AvgIpc) is 3.23. The summed E-state index contributed by atoms with van der Waals surface area (Å²) in [4.78, 5) is 20.0. The van der Waals surface area contributed by atoms with Crippen molar-refractivity contribution in [3.63, 3.8) is 0 Å². The van der Waals surface area contributed by atoms with Crippen molar-refractivity contribution in [1.82, 2.24) is 9.97 Å². The first-order valence-corrected chi connectivity index (χ1v) is 10.3. The van der Waals surface area contributed by atoms with Crippen molar-refractivity contribution < 1.29 is 27.8 Å². The monoisotopic (exact) mass is 454 g/mol. The summed E-state index contributed by atoms with van der Waals surface area (Å²) in [6, 6.07) is 7.58. The Morgan fingerprint density at radius 3 is 2.85 bits per heavy atom. The number of H-pyrrole nitrogens is 1. The van der Waals surface area contributed by atoms with Crippen molar-refractivity contribution in [2.45, 2.75) is 25.1 Å². The van der Waals surface area contributed by atoms with E-state index in [1.807, 2.05) is 0 Å². The van der Waals surface area contributed by atoms with Crippen LogP contribution in [0.1, 0.15) is 33.5 Å². The highest BCUT2D eigenvalue weighted by molar-refractivity contribution is 6.16. The van der Waals surface area contributed by atoms with Crippen LogP contribution in [0.15, 0.2) is 72.8 Å². The van der Waals surface area contributed by atoms with Crippen molar-refractivity contribution in [1.29, 1.82) is 0 Å². The molecule has 1 unspecified atom stereocenters. The molecule has 4 rings (SSSR count). The van der Waals surface area contributed by atoms with E-state index in [2.05, 4.69) is 16.5 Å². The Bertz CT molecular complexity index is 1270. The number of aliphatic hydroxyl groups is 1. The Hall–Kier alpha value is -3.65. The number of nitrogens with zero attached hydrogens (tertiary/aromatic N) is 1. The molecule has 1 atom stereocenters. The number of carbonyl (C=O) groups is 1. The Labute approximate surface area is 187 Å². The number of alkyl halides is 3. The molecule has 1 aliphatic carbocycles. The molecular weight excluding hydrogens is 433 g/mol. The van der Waals surface area contributed by atoms with Crippen LogP contribution in [-0.2, 0) is 17.3 Å². The van der Waals surface area contributed by atoms with Crippen LogP contribution >= 0.6 is 0 Å². The minimum atomic E-state index is -4.48. The number of hydrogen-bond donors (Lipinski definition) is 2. The standard InChI is InChI=1S/C25H21F3N2O3/c1-2-16-6-5-15(12-20(16)25(26,27)28)9-11-33-22-8-7-17(13-21(22)31)23(32)19-14-30-24-18(19)4-3-10-29-24/h2-8,10,12,14,21,31H,1,9,11,13H2,(H,29,30). The van der Waals surface area contributed by atoms with Gasteiger partial charge in [-0.05, 0) is 35.4 Å². The van der Waals surface area contributed by atoms with E-state index in [1.54, 1.807) is 36.7 Å². The lowest BCUT2D eigenvalue weighted by molar-refractivity contribution is -0.137. The van der Waals surface area contributed by atoms with E-state index >= 15 is 0 Å². The maximum absolute atomic E-state index is 13.2. The van der Waals surface area contributed by atoms with Gasteiger partial charge < -0.3 is 14.8 Å². The van der Waals surface area contributed by atoms with Gasteiger partial charge in [0.1, 0.15) is 17.5 Å². The number of halogens is 3. The number of hydrogen-bond acceptors (Lipinski definition) is 4. The molecule has 0 bridgehead atoms. The molecule has 2 heterocycles. The second-order valence-corrected chi connectivity index (χ2v) is 7.63. The third-order valence-corrected chi connectivity index (χ3v) is 5.48. The van der Waals surface area contributed by atoms with E-state index < -0.39 is 17.8 Å². The normalized spacial score (nSPS) is 16.3. The van der Waals surface area contributed by atoms with E-state index in [0.717, 1.165) is 6.07 Å². The van der Waals surface area contributed by atoms with Crippen LogP contribution in [0.2, 0.25) is 0 Å². The van der Waals surface area contributed by atoms with Crippen LogP contribution in [0.4, 0.5) is 13.2 Å². The molecule has 0 saturated heterocycles. The van der Waals surface area contributed by atoms with Crippen molar-refractivity contribution in [3.05, 3.63) is 95.0 Å². The second kappa shape index (κ2) is 9.07. The Balaban J connectivity index is 1.43. The van der Waals surface area contributed by atoms with Gasteiger partial charge in [0.2, 0.25) is 0 Å². The summed E-state index contributed by atoms with van der Waals surface area (Å²) in [5, 5.41) is 11.1. The van der Waals surface area contributed by atoms with Gasteiger partial charge in [0.05, 0.1) is 12.2 Å². The number of fused-ring (bicyclic) bond motifs is 1. The fourth-order valence-corrected chi connectivity index (χ4v) is 3.77. The van der Waals surface area contributed by atoms with Crippen molar-refractivity contribution in [2.24, 2.45) is 0 Å². The van der Waals surface area contributed by atoms with E-state index in [-0.39, 0.29) is 36.6 Å². The summed E-state index contributed by atoms with van der Waals surface area (Å²) < 4.78 is 45.2. The predicted octanol–water partition coefficient (Wildman–Crippen LogP) is 5.24. The van der Waals surface area contributed by atoms with Crippen LogP contribution in [0.25, 0.3) is 17.1 Å². The minimum absolute atomic E-state index is 0.0193. The summed E-state index contributed by atoms with van der Waals surface area (Å²) in [5.41, 5.74) is 1.23. The fourth-order valence-electron chi connectivity index (χ4n) is 3.77. The summed E-state index contributed by atoms with van der Waals surface area (Å²) in [6.45, 7) is 3.50. The highest BCUT2D eigenvalue weighted by Crippen LogP contribution is 2.33. The molecule has 1 aliphatic rings. The van der Waals surface area contributed by atoms with Gasteiger partial charge in [0.25, 0.3) is 0 Å². The van der Waals surface area contributed by atoms with Gasteiger partial charge >= 0.3 is 6.18 Å². The molecule has 1 aromatic carbocycles. The van der Waals surface area contributed by atoms with Gasteiger partial charge in [-0.15, -0.1) is 0 Å². The molecule has 0 fully saturated rings. The number of aromatic amines is 1. The number of aliphatic hydroxyl groups excluding tert-OH is 1. The molecule has 2 aromatic heterocycles. The first-order valence-electron chi connectivity index (χ1n) is 10.3. The maximum atomic E-state index is 13.2. The molecule has 3 aromatic rings. The fraction of sp³-hybridized carbons (Fsp3) is 0.200. The lowest BCUT2D eigenvalue weighted by Gasteiger charge is -2.21. The van der Waals surface area contributed by atoms with Gasteiger partial charge in [-0.3, -0.25) is 4.79 Å². The number of allylic oxidation sites excluding steroid dienone is 2. The molecule has 5 nitrogen and oxygen atoms in total. The number of Topliss-reactive ketones (excluding diaryl/α,β-unsaturated/α-hetero) is 1. The Kier molecular flexibility index (Phi) is 6.20. The summed E-state index contributed by atoms with van der Waals surface area (Å²) in [5.74, 6) is 0.0523. The molecule has 170 valence electrons.